The highest BCUT2D eigenvalue weighted by Crippen LogP contribution is 2.41. The van der Waals surface area contributed by atoms with E-state index in [4.69, 9.17) is 0 Å². The molecule has 8 N–H and O–H groups in total. The van der Waals surface area contributed by atoms with Gasteiger partial charge in [-0.15, -0.1) is 23.5 Å². The Morgan fingerprint density at radius 3 is 1.22 bits per heavy atom. The monoisotopic (exact) mass is 906 g/mol. The van der Waals surface area contributed by atoms with Crippen molar-refractivity contribution in [3.05, 3.63) is 120 Å². The van der Waals surface area contributed by atoms with Gasteiger partial charge in [-0.2, -0.15) is 0 Å². The smallest absolute Gasteiger partial charge is 0.252 e. The second-order valence-electron chi connectivity index (χ2n) is 16.6. The molecule has 2 heterocycles. The quantitative estimate of drug-likeness (QED) is 0.0717. The molecule has 2 aliphatic rings. The first-order valence-electron chi connectivity index (χ1n) is 21.5. The lowest BCUT2D eigenvalue weighted by atomic mass is 9.99. The number of nitrogens with one attached hydrogen (secondary N) is 8. The van der Waals surface area contributed by atoms with Crippen molar-refractivity contribution in [3.63, 3.8) is 0 Å². The number of benzene rings is 4. The van der Waals surface area contributed by atoms with Crippen LogP contribution in [0.4, 0.5) is 0 Å². The normalized spacial score (nSPS) is 20.5. The average Bonchev–Trinajstić information content (AvgIpc) is 3.79. The molecule has 0 radical (unpaired) electrons. The van der Waals surface area contributed by atoms with E-state index in [1.807, 2.05) is 113 Å². The maximum absolute atomic E-state index is 13.8. The van der Waals surface area contributed by atoms with Crippen molar-refractivity contribution in [2.24, 2.45) is 0 Å². The highest BCUT2D eigenvalue weighted by atomic mass is 32.2. The molecule has 0 bridgehead atoms. The van der Waals surface area contributed by atoms with E-state index >= 15 is 0 Å². The van der Waals surface area contributed by atoms with Gasteiger partial charge in [0.1, 0.15) is 24.2 Å². The van der Waals surface area contributed by atoms with Gasteiger partial charge in [0, 0.05) is 46.8 Å². The first-order chi connectivity index (χ1) is 30.6. The second-order valence-corrected chi connectivity index (χ2v) is 20.2. The van der Waals surface area contributed by atoms with Gasteiger partial charge in [0.15, 0.2) is 0 Å². The van der Waals surface area contributed by atoms with Crippen LogP contribution in [-0.4, -0.2) is 106 Å². The van der Waals surface area contributed by atoms with E-state index in [-0.39, 0.29) is 36.7 Å². The summed E-state index contributed by atoms with van der Waals surface area (Å²) in [6.45, 7) is 12.1. The minimum absolute atomic E-state index is 0.114. The zero-order valence-corrected chi connectivity index (χ0v) is 38.6. The number of carbonyl (C=O) groups is 6. The van der Waals surface area contributed by atoms with Gasteiger partial charge in [-0.05, 0) is 75.9 Å². The molecule has 0 aromatic heterocycles. The molecule has 6 amide bonds. The van der Waals surface area contributed by atoms with Crippen molar-refractivity contribution in [1.29, 1.82) is 0 Å². The predicted octanol–water partition coefficient (Wildman–Crippen LogP) is 4.04. The largest absolute Gasteiger partial charge is 0.355 e. The highest BCUT2D eigenvalue weighted by Gasteiger charge is 2.50. The molecule has 4 aromatic carbocycles. The van der Waals surface area contributed by atoms with E-state index < -0.39 is 56.2 Å². The summed E-state index contributed by atoms with van der Waals surface area (Å²) < 4.78 is -1.36. The fourth-order valence-electron chi connectivity index (χ4n) is 7.94. The van der Waals surface area contributed by atoms with Crippen LogP contribution in [0, 0.1) is 0 Å². The molecule has 2 fully saturated rings. The number of amides is 6. The van der Waals surface area contributed by atoms with Crippen LogP contribution in [-0.2, 0) is 19.2 Å². The SMILES string of the molecule is CCNC(=O)[C@@H](NC(=O)c1ccccc1-c1ccccc1)[C@@H]1N[C@@H](C(=O)NCCNC(=O)[C@@H]2N[C@@H]([C@H](NC(=O)c3ccccc3-c3ccccc3)C(=O)NCC)SC2(C)C)C(C)(C)S1. The van der Waals surface area contributed by atoms with Gasteiger partial charge in [0.25, 0.3) is 11.8 Å². The Kier molecular flexibility index (Phi) is 15.9. The van der Waals surface area contributed by atoms with Gasteiger partial charge in [0.05, 0.1) is 10.7 Å². The summed E-state index contributed by atoms with van der Waals surface area (Å²) in [7, 11) is 0. The first kappa shape index (κ1) is 47.8. The van der Waals surface area contributed by atoms with Crippen LogP contribution in [0.25, 0.3) is 22.3 Å². The lowest BCUT2D eigenvalue weighted by Crippen LogP contribution is -2.58. The maximum atomic E-state index is 13.8. The van der Waals surface area contributed by atoms with Crippen LogP contribution in [0.3, 0.4) is 0 Å². The number of carbonyl (C=O) groups excluding carboxylic acids is 6. The topological polar surface area (TPSA) is 199 Å². The van der Waals surface area contributed by atoms with Gasteiger partial charge in [-0.25, -0.2) is 0 Å². The van der Waals surface area contributed by atoms with E-state index in [1.165, 1.54) is 23.5 Å². The second kappa shape index (κ2) is 21.3. The molecule has 6 atom stereocenters. The van der Waals surface area contributed by atoms with Crippen molar-refractivity contribution in [1.82, 2.24) is 42.5 Å². The van der Waals surface area contributed by atoms with Gasteiger partial charge in [-0.3, -0.25) is 39.4 Å². The van der Waals surface area contributed by atoms with E-state index in [1.54, 1.807) is 38.1 Å². The highest BCUT2D eigenvalue weighted by molar-refractivity contribution is 8.01. The zero-order valence-electron chi connectivity index (χ0n) is 37.0. The van der Waals surface area contributed by atoms with Crippen molar-refractivity contribution in [3.8, 4) is 22.3 Å². The van der Waals surface area contributed by atoms with Crippen LogP contribution < -0.4 is 42.5 Å². The Morgan fingerprint density at radius 2 is 0.859 bits per heavy atom. The molecule has 2 saturated heterocycles. The molecule has 2 aliphatic heterocycles. The van der Waals surface area contributed by atoms with Crippen LogP contribution >= 0.6 is 23.5 Å². The molecular formula is C48H58N8O6S2. The molecule has 4 aromatic rings. The lowest BCUT2D eigenvalue weighted by Gasteiger charge is -2.25. The predicted molar refractivity (Wildman–Crippen MR) is 254 cm³/mol. The van der Waals surface area contributed by atoms with Gasteiger partial charge >= 0.3 is 0 Å². The van der Waals surface area contributed by atoms with Crippen molar-refractivity contribution in [2.45, 2.75) is 86.0 Å². The number of rotatable bonds is 17. The Bertz CT molecular complexity index is 2150. The fourth-order valence-corrected chi connectivity index (χ4v) is 10.9. The summed E-state index contributed by atoms with van der Waals surface area (Å²) in [6.07, 6.45) is 0. The van der Waals surface area contributed by atoms with Crippen LogP contribution in [0.5, 0.6) is 0 Å². The summed E-state index contributed by atoms with van der Waals surface area (Å²) in [4.78, 5) is 82.1. The van der Waals surface area contributed by atoms with Gasteiger partial charge in [-0.1, -0.05) is 97.1 Å². The van der Waals surface area contributed by atoms with Crippen LogP contribution in [0.2, 0.25) is 0 Å². The first-order valence-corrected chi connectivity index (χ1v) is 23.3. The average molecular weight is 907 g/mol. The third-order valence-electron chi connectivity index (χ3n) is 11.1. The minimum atomic E-state index is -1.01. The molecule has 16 heteroatoms. The van der Waals surface area contributed by atoms with Gasteiger partial charge in [0.2, 0.25) is 23.6 Å². The number of hydrogen-bond donors (Lipinski definition) is 8. The van der Waals surface area contributed by atoms with E-state index in [0.29, 0.717) is 24.2 Å². The Hall–Kier alpha value is -5.68. The summed E-state index contributed by atoms with van der Waals surface area (Å²) in [6, 6.07) is 30.0. The van der Waals surface area contributed by atoms with Crippen molar-refractivity contribution in [2.75, 3.05) is 26.2 Å². The Labute approximate surface area is 383 Å². The molecule has 6 rings (SSSR count). The Morgan fingerprint density at radius 1 is 0.516 bits per heavy atom. The van der Waals surface area contributed by atoms with Gasteiger partial charge < -0.3 is 31.9 Å². The van der Waals surface area contributed by atoms with Crippen LogP contribution in [0.1, 0.15) is 62.3 Å². The molecule has 0 aliphatic carbocycles. The summed E-state index contributed by atoms with van der Waals surface area (Å²) in [5.41, 5.74) is 4.02. The fraction of sp³-hybridized carbons (Fsp3) is 0.375. The standard InChI is InChI=1S/C48H58N8O6S2/c1-7-49-41(59)35(53-39(57)33-25-17-15-23-31(33)29-19-11-9-12-20-29)45-55-37(47(3,4)63-45)43(61)51-27-28-52-44(62)38-48(5,6)64-46(56-38)36(42(60)50-8-2)54-40(58)34-26-18-16-24-32(34)30-21-13-10-14-22-30/h9-26,35-38,45-46,55-56H,7-8,27-28H2,1-6H3,(H,49,59)(H,50,60)(H,51,61)(H,52,62)(H,53,57)(H,54,58)/t35-,36-,37+,38+,45-,46-/m1/s1. The van der Waals surface area contributed by atoms with E-state index in [9.17, 15) is 28.8 Å². The molecular weight excluding hydrogens is 849 g/mol. The summed E-state index contributed by atoms with van der Waals surface area (Å²) in [5.74, 6) is -2.25. The minimum Gasteiger partial charge on any atom is -0.355 e. The number of hydrogen-bond acceptors (Lipinski definition) is 10. The lowest BCUT2D eigenvalue weighted by molar-refractivity contribution is -0.126. The number of likely N-dealkylation sites (N-methyl/N-ethyl adjacent to an activating group) is 2. The van der Waals surface area contributed by atoms with Crippen LogP contribution in [0.15, 0.2) is 109 Å². The molecule has 64 heavy (non-hydrogen) atoms. The molecule has 0 unspecified atom stereocenters. The molecule has 338 valence electrons. The third kappa shape index (κ3) is 11.3. The third-order valence-corrected chi connectivity index (χ3v) is 14.1. The molecule has 0 saturated carbocycles. The van der Waals surface area contributed by atoms with E-state index in [2.05, 4.69) is 42.5 Å². The number of thioether (sulfide) groups is 2. The maximum Gasteiger partial charge on any atom is 0.252 e. The summed E-state index contributed by atoms with van der Waals surface area (Å²) >= 11 is 2.78. The van der Waals surface area contributed by atoms with Crippen molar-refractivity contribution >= 4 is 59.0 Å². The Balaban J connectivity index is 1.06. The molecule has 14 nitrogen and oxygen atoms in total. The summed E-state index contributed by atoms with van der Waals surface area (Å²) in [5, 5.41) is 22.7. The zero-order chi connectivity index (χ0) is 46.0. The van der Waals surface area contributed by atoms with Crippen molar-refractivity contribution < 1.29 is 28.8 Å². The molecule has 0 spiro atoms. The van der Waals surface area contributed by atoms with E-state index in [0.717, 1.165) is 22.3 Å².